The van der Waals surface area contributed by atoms with Gasteiger partial charge in [0.25, 0.3) is 0 Å². The number of likely N-dealkylation sites (tertiary alicyclic amines) is 1. The fraction of sp³-hybridized carbons (Fsp3) is 0.588. The van der Waals surface area contributed by atoms with Crippen LogP contribution in [0.5, 0.6) is 5.75 Å². The van der Waals surface area contributed by atoms with Crippen LogP contribution in [-0.4, -0.2) is 36.3 Å². The van der Waals surface area contributed by atoms with E-state index in [-0.39, 0.29) is 11.2 Å². The van der Waals surface area contributed by atoms with Gasteiger partial charge in [0, 0.05) is 29.4 Å². The molecular weight excluding hydrogens is 318 g/mol. The number of hydrogen-bond acceptors (Lipinski definition) is 3. The molecule has 0 radical (unpaired) electrons. The molecule has 5 heteroatoms. The molecule has 1 aromatic carbocycles. The number of amides is 1. The molecule has 1 fully saturated rings. The van der Waals surface area contributed by atoms with Crippen molar-refractivity contribution in [3.05, 3.63) is 28.8 Å². The lowest BCUT2D eigenvalue weighted by atomic mass is 9.99. The van der Waals surface area contributed by atoms with E-state index >= 15 is 0 Å². The maximum absolute atomic E-state index is 12.5. The van der Waals surface area contributed by atoms with Crippen molar-refractivity contribution in [3.8, 4) is 5.75 Å². The molecule has 0 spiro atoms. The second-order valence-electron chi connectivity index (χ2n) is 5.92. The Morgan fingerprint density at radius 3 is 2.77 bits per heavy atom. The molecule has 1 saturated heterocycles. The second kappa shape index (κ2) is 8.11. The van der Waals surface area contributed by atoms with Gasteiger partial charge in [0.1, 0.15) is 5.75 Å². The molecule has 1 unspecified atom stereocenters. The normalized spacial score (nSPS) is 17.4. The van der Waals surface area contributed by atoms with Gasteiger partial charge in [0.05, 0.1) is 12.4 Å². The summed E-state index contributed by atoms with van der Waals surface area (Å²) in [5.74, 6) is 2.53. The van der Waals surface area contributed by atoms with Gasteiger partial charge in [0.2, 0.25) is 5.91 Å². The quantitative estimate of drug-likeness (QED) is 0.802. The zero-order valence-electron chi connectivity index (χ0n) is 13.5. The molecule has 2 rings (SSSR count). The predicted molar refractivity (Wildman–Crippen MR) is 93.7 cm³/mol. The van der Waals surface area contributed by atoms with Gasteiger partial charge in [-0.1, -0.05) is 18.5 Å². The first-order valence-corrected chi connectivity index (χ1v) is 9.16. The summed E-state index contributed by atoms with van der Waals surface area (Å²) in [6.45, 7) is 6.03. The van der Waals surface area contributed by atoms with Crippen LogP contribution in [0.4, 0.5) is 0 Å². The zero-order valence-corrected chi connectivity index (χ0v) is 15.0. The highest BCUT2D eigenvalue weighted by Crippen LogP contribution is 2.29. The monoisotopic (exact) mass is 341 g/mol. The van der Waals surface area contributed by atoms with Gasteiger partial charge < -0.3 is 9.64 Å². The molecule has 1 aliphatic rings. The minimum Gasteiger partial charge on any atom is -0.496 e. The summed E-state index contributed by atoms with van der Waals surface area (Å²) >= 11 is 7.69. The highest BCUT2D eigenvalue weighted by molar-refractivity contribution is 7.99. The Morgan fingerprint density at radius 2 is 2.14 bits per heavy atom. The highest BCUT2D eigenvalue weighted by Gasteiger charge is 2.24. The summed E-state index contributed by atoms with van der Waals surface area (Å²) in [5, 5.41) is 0.650. The second-order valence-corrected chi connectivity index (χ2v) is 7.68. The van der Waals surface area contributed by atoms with E-state index in [1.807, 2.05) is 30.0 Å². The first-order chi connectivity index (χ1) is 10.5. The molecule has 1 heterocycles. The van der Waals surface area contributed by atoms with E-state index < -0.39 is 0 Å². The Morgan fingerprint density at radius 1 is 1.45 bits per heavy atom. The first kappa shape index (κ1) is 17.5. The molecule has 0 aromatic heterocycles. The number of piperidine rings is 1. The summed E-state index contributed by atoms with van der Waals surface area (Å²) in [7, 11) is 1.65. The molecule has 1 amide bonds. The minimum atomic E-state index is -0.0444. The number of hydrogen-bond donors (Lipinski definition) is 0. The molecule has 1 aromatic rings. The van der Waals surface area contributed by atoms with E-state index in [4.69, 9.17) is 16.3 Å². The van der Waals surface area contributed by atoms with Crippen LogP contribution in [0.25, 0.3) is 0 Å². The van der Waals surface area contributed by atoms with Crippen molar-refractivity contribution in [3.63, 3.8) is 0 Å². The van der Waals surface area contributed by atoms with Crippen molar-refractivity contribution >= 4 is 29.3 Å². The van der Waals surface area contributed by atoms with E-state index in [0.29, 0.717) is 5.02 Å². The molecule has 122 valence electrons. The Balaban J connectivity index is 1.91. The van der Waals surface area contributed by atoms with Crippen molar-refractivity contribution in [2.75, 3.05) is 20.2 Å². The summed E-state index contributed by atoms with van der Waals surface area (Å²) in [6.07, 6.45) is 2.23. The molecular formula is C17H24ClNO2S. The summed E-state index contributed by atoms with van der Waals surface area (Å²) in [6, 6.07) is 5.60. The Labute approximate surface area is 142 Å². The lowest BCUT2D eigenvalue weighted by Gasteiger charge is -2.32. The number of benzene rings is 1. The molecule has 0 aliphatic carbocycles. The van der Waals surface area contributed by atoms with Crippen LogP contribution < -0.4 is 4.74 Å². The fourth-order valence-corrected chi connectivity index (χ4v) is 3.77. The molecule has 1 atom stereocenters. The van der Waals surface area contributed by atoms with Crippen molar-refractivity contribution in [2.24, 2.45) is 5.92 Å². The number of carbonyl (C=O) groups is 1. The number of methoxy groups -OCH3 is 1. The van der Waals surface area contributed by atoms with Gasteiger partial charge in [-0.3, -0.25) is 4.79 Å². The average molecular weight is 342 g/mol. The zero-order chi connectivity index (χ0) is 16.1. The predicted octanol–water partition coefficient (Wildman–Crippen LogP) is 4.23. The standard InChI is InChI=1S/C17H24ClNO2S/c1-12-6-8-19(9-7-12)17(20)13(2)22-11-14-10-15(18)4-5-16(14)21-3/h4-5,10,12-13H,6-9,11H2,1-3H3. The Kier molecular flexibility index (Phi) is 6.45. The van der Waals surface area contributed by atoms with Gasteiger partial charge in [-0.25, -0.2) is 0 Å². The van der Waals surface area contributed by atoms with E-state index in [1.165, 1.54) is 0 Å². The van der Waals surface area contributed by atoms with Crippen LogP contribution in [0, 0.1) is 5.92 Å². The molecule has 3 nitrogen and oxygen atoms in total. The largest absolute Gasteiger partial charge is 0.496 e. The molecule has 0 bridgehead atoms. The van der Waals surface area contributed by atoms with Gasteiger partial charge >= 0.3 is 0 Å². The number of ether oxygens (including phenoxy) is 1. The Bertz CT molecular complexity index is 515. The van der Waals surface area contributed by atoms with Gasteiger partial charge in [-0.2, -0.15) is 0 Å². The van der Waals surface area contributed by atoms with Gasteiger partial charge in [-0.15, -0.1) is 11.8 Å². The summed E-state index contributed by atoms with van der Waals surface area (Å²) < 4.78 is 5.35. The molecule has 0 N–H and O–H groups in total. The highest BCUT2D eigenvalue weighted by atomic mass is 35.5. The smallest absolute Gasteiger partial charge is 0.235 e. The summed E-state index contributed by atoms with van der Waals surface area (Å²) in [5.41, 5.74) is 1.03. The third-order valence-corrected chi connectivity index (χ3v) is 5.59. The topological polar surface area (TPSA) is 29.5 Å². The van der Waals surface area contributed by atoms with Crippen LogP contribution >= 0.6 is 23.4 Å². The van der Waals surface area contributed by atoms with Gasteiger partial charge in [0.15, 0.2) is 0 Å². The van der Waals surface area contributed by atoms with Crippen molar-refractivity contribution in [1.82, 2.24) is 4.90 Å². The third-order valence-electron chi connectivity index (χ3n) is 4.17. The van der Waals surface area contributed by atoms with Crippen LogP contribution in [-0.2, 0) is 10.5 Å². The minimum absolute atomic E-state index is 0.0444. The average Bonchev–Trinajstić information content (AvgIpc) is 2.52. The molecule has 0 saturated carbocycles. The van der Waals surface area contributed by atoms with Crippen LogP contribution in [0.2, 0.25) is 5.02 Å². The Hall–Kier alpha value is -0.870. The third kappa shape index (κ3) is 4.56. The van der Waals surface area contributed by atoms with Crippen molar-refractivity contribution in [1.29, 1.82) is 0 Å². The number of rotatable bonds is 5. The van der Waals surface area contributed by atoms with E-state index in [2.05, 4.69) is 6.92 Å². The SMILES string of the molecule is COc1ccc(Cl)cc1CSC(C)C(=O)N1CCC(C)CC1. The molecule has 1 aliphatic heterocycles. The first-order valence-electron chi connectivity index (χ1n) is 7.74. The van der Waals surface area contributed by atoms with E-state index in [0.717, 1.165) is 48.9 Å². The number of carbonyl (C=O) groups excluding carboxylic acids is 1. The van der Waals surface area contributed by atoms with Crippen LogP contribution in [0.1, 0.15) is 32.3 Å². The summed E-state index contributed by atoms with van der Waals surface area (Å²) in [4.78, 5) is 14.5. The molecule has 22 heavy (non-hydrogen) atoms. The lowest BCUT2D eigenvalue weighted by Crippen LogP contribution is -2.41. The maximum Gasteiger partial charge on any atom is 0.235 e. The van der Waals surface area contributed by atoms with Gasteiger partial charge in [-0.05, 0) is 43.9 Å². The van der Waals surface area contributed by atoms with Crippen LogP contribution in [0.3, 0.4) is 0 Å². The maximum atomic E-state index is 12.5. The number of nitrogens with zero attached hydrogens (tertiary/aromatic N) is 1. The van der Waals surface area contributed by atoms with E-state index in [1.54, 1.807) is 18.9 Å². The van der Waals surface area contributed by atoms with Crippen LogP contribution in [0.15, 0.2) is 18.2 Å². The van der Waals surface area contributed by atoms with E-state index in [9.17, 15) is 4.79 Å². The number of thioether (sulfide) groups is 1. The van der Waals surface area contributed by atoms with Crippen molar-refractivity contribution < 1.29 is 9.53 Å². The van der Waals surface area contributed by atoms with Crippen molar-refractivity contribution in [2.45, 2.75) is 37.7 Å². The number of halogens is 1. The lowest BCUT2D eigenvalue weighted by molar-refractivity contribution is -0.131. The fourth-order valence-electron chi connectivity index (χ4n) is 2.63.